The molecule has 0 radical (unpaired) electrons. The van der Waals surface area contributed by atoms with E-state index >= 15 is 0 Å². The summed E-state index contributed by atoms with van der Waals surface area (Å²) in [5.74, 6) is -1.81. The fourth-order valence-corrected chi connectivity index (χ4v) is 6.38. The summed E-state index contributed by atoms with van der Waals surface area (Å²) in [6.07, 6.45) is -1.67. The van der Waals surface area contributed by atoms with Gasteiger partial charge in [-0.05, 0) is 46.8 Å². The Morgan fingerprint density at radius 1 is 1.20 bits per heavy atom. The first-order valence-electron chi connectivity index (χ1n) is 13.8. The number of fused-ring (bicyclic) bond motifs is 5. The number of halogens is 3. The maximum absolute atomic E-state index is 14.0. The number of likely N-dealkylation sites (N-methyl/N-ethyl adjacent to an activating group) is 1. The van der Waals surface area contributed by atoms with Crippen LogP contribution in [0.5, 0.6) is 5.75 Å². The van der Waals surface area contributed by atoms with Gasteiger partial charge in [-0.1, -0.05) is 24.6 Å². The van der Waals surface area contributed by atoms with Crippen LogP contribution < -0.4 is 9.80 Å². The first-order chi connectivity index (χ1) is 19.1. The number of allylic oxidation sites excluding steroid dienone is 1. The molecule has 3 atom stereocenters. The van der Waals surface area contributed by atoms with Gasteiger partial charge in [-0.25, -0.2) is 4.79 Å². The van der Waals surface area contributed by atoms with Crippen molar-refractivity contribution in [1.29, 1.82) is 0 Å². The molecule has 8 nitrogen and oxygen atoms in total. The highest BCUT2D eigenvalue weighted by Gasteiger charge is 2.46. The number of rotatable bonds is 2. The first-order valence-corrected chi connectivity index (χ1v) is 13.8. The third kappa shape index (κ3) is 4.89. The number of piperazine rings is 1. The number of carbonyl (C=O) groups is 2. The summed E-state index contributed by atoms with van der Waals surface area (Å²) in [5, 5.41) is 10.6. The number of anilines is 2. The summed E-state index contributed by atoms with van der Waals surface area (Å²) < 4.78 is 47.6. The van der Waals surface area contributed by atoms with Crippen molar-refractivity contribution in [3.05, 3.63) is 52.4 Å². The van der Waals surface area contributed by atoms with Crippen LogP contribution in [0.3, 0.4) is 0 Å². The number of pyridine rings is 1. The van der Waals surface area contributed by atoms with Crippen molar-refractivity contribution in [2.24, 2.45) is 0 Å². The quantitative estimate of drug-likeness (QED) is 0.482. The van der Waals surface area contributed by atoms with E-state index in [1.807, 2.05) is 24.8 Å². The van der Waals surface area contributed by atoms with E-state index in [0.717, 1.165) is 17.3 Å². The monoisotopic (exact) mass is 572 g/mol. The van der Waals surface area contributed by atoms with Gasteiger partial charge >= 0.3 is 12.3 Å². The summed E-state index contributed by atoms with van der Waals surface area (Å²) in [5.41, 5.74) is 1.69. The largest absolute Gasteiger partial charge is 0.508 e. The maximum atomic E-state index is 14.0. The van der Waals surface area contributed by atoms with Crippen LogP contribution in [0.4, 0.5) is 29.3 Å². The lowest BCUT2D eigenvalue weighted by Crippen LogP contribution is -2.64. The second-order valence-electron chi connectivity index (χ2n) is 11.9. The van der Waals surface area contributed by atoms with E-state index in [1.54, 1.807) is 43.7 Å². The third-order valence-electron chi connectivity index (χ3n) is 8.07. The highest BCUT2D eigenvalue weighted by molar-refractivity contribution is 6.07. The fourth-order valence-electron chi connectivity index (χ4n) is 6.38. The van der Waals surface area contributed by atoms with E-state index in [-0.39, 0.29) is 18.0 Å². The molecule has 220 valence electrons. The molecule has 11 heteroatoms. The number of phenolic OH excluding ortho intramolecular Hbond substituents is 1. The van der Waals surface area contributed by atoms with Gasteiger partial charge in [-0.15, -0.1) is 0 Å². The highest BCUT2D eigenvalue weighted by Crippen LogP contribution is 2.53. The first kappa shape index (κ1) is 28.8. The van der Waals surface area contributed by atoms with Gasteiger partial charge in [-0.3, -0.25) is 9.78 Å². The zero-order valence-corrected chi connectivity index (χ0v) is 24.0. The number of phenols is 1. The number of aromatic nitrogens is 1. The van der Waals surface area contributed by atoms with Crippen LogP contribution >= 0.6 is 0 Å². The number of amides is 2. The number of alkyl halides is 3. The van der Waals surface area contributed by atoms with Crippen LogP contribution in [0.25, 0.3) is 6.08 Å². The summed E-state index contributed by atoms with van der Waals surface area (Å²) in [6, 6.07) is 2.82. The van der Waals surface area contributed by atoms with Crippen LogP contribution in [0.15, 0.2) is 30.0 Å². The van der Waals surface area contributed by atoms with Crippen molar-refractivity contribution in [3.63, 3.8) is 0 Å². The molecule has 1 aromatic heterocycles. The molecule has 3 aliphatic rings. The zero-order valence-electron chi connectivity index (χ0n) is 24.0. The normalized spacial score (nSPS) is 22.6. The highest BCUT2D eigenvalue weighted by atomic mass is 19.4. The number of carbonyl (C=O) groups excluding carboxylic acids is 2. The molecule has 5 rings (SSSR count). The SMILES string of the molecule is CCN1C(=O)[C@H]2CN(C(=O)OC(C)(C)C)CCN2c2c1cnc1c2C=C(C)C(c2c(O)cccc2C(F)(F)F)C1C. The van der Waals surface area contributed by atoms with Gasteiger partial charge < -0.3 is 24.5 Å². The number of nitrogens with zero attached hydrogens (tertiary/aromatic N) is 4. The molecule has 2 aliphatic heterocycles. The van der Waals surface area contributed by atoms with Crippen LogP contribution in [0, 0.1) is 0 Å². The number of hydrogen-bond donors (Lipinski definition) is 1. The van der Waals surface area contributed by atoms with Gasteiger partial charge in [-0.2, -0.15) is 13.2 Å². The van der Waals surface area contributed by atoms with Crippen molar-refractivity contribution in [2.45, 2.75) is 71.2 Å². The Labute approximate surface area is 237 Å². The molecule has 1 aliphatic carbocycles. The Morgan fingerprint density at radius 2 is 1.90 bits per heavy atom. The Hall–Kier alpha value is -3.76. The molecule has 3 heterocycles. The van der Waals surface area contributed by atoms with Gasteiger partial charge in [0.15, 0.2) is 0 Å². The molecule has 0 spiro atoms. The minimum Gasteiger partial charge on any atom is -0.508 e. The standard InChI is InChI=1S/C30H35F3N4O4/c1-7-36-20-14-34-25-17(3)23(24-19(30(31,32)33)9-8-10-22(24)38)16(2)13-18(25)26(20)37-12-11-35(15-21(37)27(36)39)28(40)41-29(4,5)6/h8-10,13-14,17,21,23,38H,7,11-12,15H2,1-6H3/t17?,21-,23?/m1/s1. The molecule has 1 fully saturated rings. The van der Waals surface area contributed by atoms with E-state index in [0.29, 0.717) is 36.6 Å². The Kier molecular flexibility index (Phi) is 6.98. The predicted molar refractivity (Wildman–Crippen MR) is 149 cm³/mol. The summed E-state index contributed by atoms with van der Waals surface area (Å²) in [7, 11) is 0. The van der Waals surface area contributed by atoms with Crippen LogP contribution in [-0.2, 0) is 15.7 Å². The number of aromatic hydroxyl groups is 1. The van der Waals surface area contributed by atoms with Crippen molar-refractivity contribution in [2.75, 3.05) is 36.0 Å². The number of ether oxygens (including phenoxy) is 1. The summed E-state index contributed by atoms with van der Waals surface area (Å²) >= 11 is 0. The van der Waals surface area contributed by atoms with Crippen molar-refractivity contribution >= 4 is 29.5 Å². The molecular formula is C30H35F3N4O4. The van der Waals surface area contributed by atoms with Gasteiger partial charge in [0.1, 0.15) is 17.4 Å². The van der Waals surface area contributed by atoms with E-state index in [9.17, 15) is 27.9 Å². The van der Waals surface area contributed by atoms with E-state index < -0.39 is 47.1 Å². The maximum Gasteiger partial charge on any atom is 0.416 e. The lowest BCUT2D eigenvalue weighted by molar-refractivity contribution is -0.138. The Morgan fingerprint density at radius 3 is 2.54 bits per heavy atom. The van der Waals surface area contributed by atoms with Crippen LogP contribution in [0.1, 0.15) is 75.8 Å². The molecule has 2 amide bonds. The van der Waals surface area contributed by atoms with Gasteiger partial charge in [0.2, 0.25) is 0 Å². The average molecular weight is 573 g/mol. The topological polar surface area (TPSA) is 86.2 Å². The Bertz CT molecular complexity index is 1430. The van der Waals surface area contributed by atoms with Crippen molar-refractivity contribution in [3.8, 4) is 5.75 Å². The molecule has 2 aromatic rings. The fraction of sp³-hybridized carbons (Fsp3) is 0.500. The molecule has 41 heavy (non-hydrogen) atoms. The molecule has 1 aromatic carbocycles. The molecule has 2 unspecified atom stereocenters. The average Bonchev–Trinajstić information content (AvgIpc) is 2.87. The smallest absolute Gasteiger partial charge is 0.416 e. The summed E-state index contributed by atoms with van der Waals surface area (Å²) in [6.45, 7) is 12.1. The minimum atomic E-state index is -4.64. The molecule has 1 saturated heterocycles. The number of hydrogen-bond acceptors (Lipinski definition) is 6. The van der Waals surface area contributed by atoms with Crippen molar-refractivity contribution < 1.29 is 32.6 Å². The lowest BCUT2D eigenvalue weighted by Gasteiger charge is -2.49. The predicted octanol–water partition coefficient (Wildman–Crippen LogP) is 5.90. The molecular weight excluding hydrogens is 537 g/mol. The van der Waals surface area contributed by atoms with Crippen LogP contribution in [0.2, 0.25) is 0 Å². The van der Waals surface area contributed by atoms with Crippen molar-refractivity contribution in [1.82, 2.24) is 9.88 Å². The van der Waals surface area contributed by atoms with Gasteiger partial charge in [0.25, 0.3) is 5.91 Å². The Balaban J connectivity index is 1.59. The van der Waals surface area contributed by atoms with Gasteiger partial charge in [0, 0.05) is 42.6 Å². The molecule has 1 N–H and O–H groups in total. The summed E-state index contributed by atoms with van der Waals surface area (Å²) in [4.78, 5) is 36.4. The second kappa shape index (κ2) is 9.95. The van der Waals surface area contributed by atoms with Crippen LogP contribution in [-0.4, -0.2) is 64.8 Å². The molecule has 0 bridgehead atoms. The van der Waals surface area contributed by atoms with Gasteiger partial charge in [0.05, 0.1) is 35.4 Å². The zero-order chi connectivity index (χ0) is 30.0. The number of benzene rings is 1. The van der Waals surface area contributed by atoms with E-state index in [1.165, 1.54) is 12.1 Å². The second-order valence-corrected chi connectivity index (χ2v) is 11.9. The van der Waals surface area contributed by atoms with E-state index in [4.69, 9.17) is 4.74 Å². The van der Waals surface area contributed by atoms with E-state index in [2.05, 4.69) is 4.98 Å². The lowest BCUT2D eigenvalue weighted by atomic mass is 9.72. The minimum absolute atomic E-state index is 0.147. The molecule has 0 saturated carbocycles. The third-order valence-corrected chi connectivity index (χ3v) is 8.07.